The van der Waals surface area contributed by atoms with Crippen LogP contribution in [0.3, 0.4) is 0 Å². The zero-order valence-corrected chi connectivity index (χ0v) is 12.5. The van der Waals surface area contributed by atoms with Crippen LogP contribution in [0.4, 0.5) is 10.1 Å². The molecule has 0 saturated heterocycles. The van der Waals surface area contributed by atoms with Crippen LogP contribution in [0.1, 0.15) is 19.4 Å². The number of nitrogens with zero attached hydrogens (tertiary/aromatic N) is 2. The number of nitrogens with two attached hydrogens (primary N) is 1. The summed E-state index contributed by atoms with van der Waals surface area (Å²) in [7, 11) is 4.09. The number of hydrogen-bond donors (Lipinski definition) is 1. The molecule has 19 heavy (non-hydrogen) atoms. The lowest BCUT2D eigenvalue weighted by atomic mass is 10.1. The molecule has 1 aromatic carbocycles. The van der Waals surface area contributed by atoms with Gasteiger partial charge in [0.2, 0.25) is 0 Å². The van der Waals surface area contributed by atoms with Gasteiger partial charge in [-0.1, -0.05) is 13.8 Å². The van der Waals surface area contributed by atoms with E-state index in [1.165, 1.54) is 6.07 Å². The molecule has 0 saturated carbocycles. The summed E-state index contributed by atoms with van der Waals surface area (Å²) in [5, 5.41) is 0. The Balaban J connectivity index is 2.91. The smallest absolute Gasteiger partial charge is 0.125 e. The molecule has 1 rings (SSSR count). The Morgan fingerprint density at radius 3 is 2.37 bits per heavy atom. The van der Waals surface area contributed by atoms with E-state index in [1.54, 1.807) is 6.07 Å². The van der Waals surface area contributed by atoms with Gasteiger partial charge in [-0.15, -0.1) is 0 Å². The number of halogens is 1. The van der Waals surface area contributed by atoms with Crippen LogP contribution in [0.25, 0.3) is 0 Å². The maximum absolute atomic E-state index is 13.6. The van der Waals surface area contributed by atoms with Crippen molar-refractivity contribution in [3.8, 4) is 0 Å². The summed E-state index contributed by atoms with van der Waals surface area (Å²) in [6, 6.07) is 5.08. The SMILES string of the molecule is CC(C)CN(CCN(C)C)c1cc(F)cc(CN)c1. The van der Waals surface area contributed by atoms with Crippen LogP contribution in [-0.4, -0.2) is 38.6 Å². The number of benzene rings is 1. The van der Waals surface area contributed by atoms with Crippen LogP contribution in [0.5, 0.6) is 0 Å². The minimum atomic E-state index is -0.212. The van der Waals surface area contributed by atoms with Crippen molar-refractivity contribution in [2.75, 3.05) is 38.6 Å². The van der Waals surface area contributed by atoms with E-state index in [0.717, 1.165) is 30.9 Å². The average Bonchev–Trinajstić information content (AvgIpc) is 2.32. The highest BCUT2D eigenvalue weighted by atomic mass is 19.1. The predicted molar refractivity (Wildman–Crippen MR) is 79.9 cm³/mol. The van der Waals surface area contributed by atoms with Gasteiger partial charge in [-0.2, -0.15) is 0 Å². The summed E-state index contributed by atoms with van der Waals surface area (Å²) >= 11 is 0. The van der Waals surface area contributed by atoms with Crippen LogP contribution in [0.2, 0.25) is 0 Å². The van der Waals surface area contributed by atoms with Crippen molar-refractivity contribution in [2.24, 2.45) is 11.7 Å². The van der Waals surface area contributed by atoms with Crippen LogP contribution in [0.15, 0.2) is 18.2 Å². The topological polar surface area (TPSA) is 32.5 Å². The molecule has 108 valence electrons. The zero-order chi connectivity index (χ0) is 14.4. The lowest BCUT2D eigenvalue weighted by molar-refractivity contribution is 0.409. The molecule has 1 aromatic rings. The molecule has 4 heteroatoms. The van der Waals surface area contributed by atoms with Crippen LogP contribution < -0.4 is 10.6 Å². The van der Waals surface area contributed by atoms with Crippen molar-refractivity contribution >= 4 is 5.69 Å². The van der Waals surface area contributed by atoms with Crippen molar-refractivity contribution in [2.45, 2.75) is 20.4 Å². The second-order valence-electron chi connectivity index (χ2n) is 5.66. The fourth-order valence-electron chi connectivity index (χ4n) is 2.02. The lowest BCUT2D eigenvalue weighted by Crippen LogP contribution is -2.34. The Morgan fingerprint density at radius 2 is 1.84 bits per heavy atom. The first-order valence-electron chi connectivity index (χ1n) is 6.81. The molecular weight excluding hydrogens is 241 g/mol. The van der Waals surface area contributed by atoms with Gasteiger partial charge in [0.15, 0.2) is 0 Å². The van der Waals surface area contributed by atoms with E-state index in [-0.39, 0.29) is 5.82 Å². The van der Waals surface area contributed by atoms with Crippen molar-refractivity contribution in [3.63, 3.8) is 0 Å². The molecule has 0 aliphatic heterocycles. The second kappa shape index (κ2) is 7.46. The Hall–Kier alpha value is -1.13. The van der Waals surface area contributed by atoms with Crippen LogP contribution in [-0.2, 0) is 6.54 Å². The molecule has 3 nitrogen and oxygen atoms in total. The van der Waals surface area contributed by atoms with Gasteiger partial charge in [-0.3, -0.25) is 0 Å². The lowest BCUT2D eigenvalue weighted by Gasteiger charge is -2.28. The van der Waals surface area contributed by atoms with Gasteiger partial charge in [0.25, 0.3) is 0 Å². The first kappa shape index (κ1) is 15.9. The van der Waals surface area contributed by atoms with Crippen molar-refractivity contribution in [3.05, 3.63) is 29.6 Å². The minimum Gasteiger partial charge on any atom is -0.370 e. The fraction of sp³-hybridized carbons (Fsp3) is 0.600. The third kappa shape index (κ3) is 5.57. The zero-order valence-electron chi connectivity index (χ0n) is 12.5. The molecule has 0 atom stereocenters. The number of anilines is 1. The average molecular weight is 267 g/mol. The van der Waals surface area contributed by atoms with E-state index in [1.807, 2.05) is 20.2 Å². The minimum absolute atomic E-state index is 0.212. The van der Waals surface area contributed by atoms with Crippen molar-refractivity contribution in [1.82, 2.24) is 4.90 Å². The molecule has 0 spiro atoms. The first-order valence-corrected chi connectivity index (χ1v) is 6.81. The van der Waals surface area contributed by atoms with Gasteiger partial charge in [0, 0.05) is 31.9 Å². The highest BCUT2D eigenvalue weighted by Gasteiger charge is 2.11. The third-order valence-corrected chi connectivity index (χ3v) is 2.95. The first-order chi connectivity index (χ1) is 8.92. The van der Waals surface area contributed by atoms with E-state index in [0.29, 0.717) is 12.5 Å². The monoisotopic (exact) mass is 267 g/mol. The molecule has 0 aliphatic rings. The van der Waals surface area contributed by atoms with E-state index in [4.69, 9.17) is 5.73 Å². The normalized spacial score (nSPS) is 11.4. The largest absolute Gasteiger partial charge is 0.370 e. The highest BCUT2D eigenvalue weighted by Crippen LogP contribution is 2.19. The Kier molecular flexibility index (Phi) is 6.25. The van der Waals surface area contributed by atoms with Gasteiger partial charge in [-0.25, -0.2) is 4.39 Å². The van der Waals surface area contributed by atoms with E-state index >= 15 is 0 Å². The van der Waals surface area contributed by atoms with E-state index in [9.17, 15) is 4.39 Å². The summed E-state index contributed by atoms with van der Waals surface area (Å²) in [6.07, 6.45) is 0. The van der Waals surface area contributed by atoms with Gasteiger partial charge >= 0.3 is 0 Å². The summed E-state index contributed by atoms with van der Waals surface area (Å²) in [4.78, 5) is 4.36. The summed E-state index contributed by atoms with van der Waals surface area (Å²) in [6.45, 7) is 7.46. The number of hydrogen-bond acceptors (Lipinski definition) is 3. The van der Waals surface area contributed by atoms with E-state index < -0.39 is 0 Å². The Bertz CT molecular complexity index is 391. The Labute approximate surface area is 116 Å². The van der Waals surface area contributed by atoms with Gasteiger partial charge in [-0.05, 0) is 43.8 Å². The molecule has 0 unspecified atom stereocenters. The third-order valence-electron chi connectivity index (χ3n) is 2.95. The van der Waals surface area contributed by atoms with E-state index in [2.05, 4.69) is 23.6 Å². The van der Waals surface area contributed by atoms with Gasteiger partial charge in [0.05, 0.1) is 0 Å². The Morgan fingerprint density at radius 1 is 1.16 bits per heavy atom. The van der Waals surface area contributed by atoms with Crippen LogP contribution >= 0.6 is 0 Å². The highest BCUT2D eigenvalue weighted by molar-refractivity contribution is 5.49. The van der Waals surface area contributed by atoms with Crippen molar-refractivity contribution < 1.29 is 4.39 Å². The second-order valence-corrected chi connectivity index (χ2v) is 5.66. The molecule has 0 amide bonds. The van der Waals surface area contributed by atoms with Crippen molar-refractivity contribution in [1.29, 1.82) is 0 Å². The number of likely N-dealkylation sites (N-methyl/N-ethyl adjacent to an activating group) is 1. The quantitative estimate of drug-likeness (QED) is 0.823. The van der Waals surface area contributed by atoms with Gasteiger partial charge in [0.1, 0.15) is 5.82 Å². The molecule has 0 aliphatic carbocycles. The number of rotatable bonds is 7. The molecule has 0 radical (unpaired) electrons. The fourth-order valence-corrected chi connectivity index (χ4v) is 2.02. The molecule has 0 fully saturated rings. The van der Waals surface area contributed by atoms with Gasteiger partial charge < -0.3 is 15.5 Å². The standard InChI is InChI=1S/C15H26FN3/c1-12(2)11-19(6-5-18(3)4)15-8-13(10-17)7-14(16)9-15/h7-9,12H,5-6,10-11,17H2,1-4H3. The van der Waals surface area contributed by atoms with Crippen LogP contribution in [0, 0.1) is 11.7 Å². The summed E-state index contributed by atoms with van der Waals surface area (Å²) in [5.74, 6) is 0.323. The molecule has 2 N–H and O–H groups in total. The summed E-state index contributed by atoms with van der Waals surface area (Å²) in [5.41, 5.74) is 7.39. The maximum atomic E-state index is 13.6. The molecule has 0 heterocycles. The predicted octanol–water partition coefficient (Wildman–Crippen LogP) is 2.31. The molecule has 0 bridgehead atoms. The molecular formula is C15H26FN3. The summed E-state index contributed by atoms with van der Waals surface area (Å²) < 4.78 is 13.6. The maximum Gasteiger partial charge on any atom is 0.125 e. The molecule has 0 aromatic heterocycles.